The topological polar surface area (TPSA) is 45.8 Å². The fourth-order valence-corrected chi connectivity index (χ4v) is 0.278. The molecule has 0 aromatic carbocycles. The van der Waals surface area contributed by atoms with Gasteiger partial charge in [0.25, 0.3) is 0 Å². The van der Waals surface area contributed by atoms with Crippen LogP contribution < -0.4 is 5.56 Å². The molecular weight excluding hydrogens is 244 g/mol. The smallest absolute Gasteiger partial charge is 0.173 e. The Morgan fingerprint density at radius 3 is 2.40 bits per heavy atom. The molecule has 0 atom stereocenters. The summed E-state index contributed by atoms with van der Waals surface area (Å²) >= 11 is 0. The van der Waals surface area contributed by atoms with Gasteiger partial charge in [0.1, 0.15) is 0 Å². The van der Waals surface area contributed by atoms with Gasteiger partial charge in [-0.2, -0.15) is 0 Å². The summed E-state index contributed by atoms with van der Waals surface area (Å²) in [4.78, 5) is 15.9. The maximum Gasteiger partial charge on any atom is 0.173 e. The summed E-state index contributed by atoms with van der Waals surface area (Å²) in [6.07, 6.45) is 5.09. The molecule has 2 radical (unpaired) electrons. The Morgan fingerprint density at radius 2 is 2.20 bits per heavy atom. The molecule has 52 valence electrons. The van der Waals surface area contributed by atoms with Gasteiger partial charge in [0.15, 0.2) is 5.56 Å². The number of aromatic amines is 1. The molecule has 1 rings (SSSR count). The maximum atomic E-state index is 10.1. The predicted molar refractivity (Wildman–Crippen MR) is 30.1 cm³/mol. The summed E-state index contributed by atoms with van der Waals surface area (Å²) in [5.74, 6) is 0. The summed E-state index contributed by atoms with van der Waals surface area (Å²) in [6, 6.07) is 0. The average molecular weight is 250 g/mol. The van der Waals surface area contributed by atoms with E-state index in [4.69, 9.17) is 0 Å². The first-order valence-corrected chi connectivity index (χ1v) is 1.81. The Kier molecular flexibility index (Phi) is 16.2. The number of H-pyrrole nitrogens is 1. The molecule has 0 bridgehead atoms. The standard InChI is InChI=1S/C4H3N2O.CH3.V.Y/c7-4-3-5-1-2-6-4;;;/h1-2H,(H,6,7);1H3;;/q2*-1;;. The molecule has 0 saturated carbocycles. The fourth-order valence-electron chi connectivity index (χ4n) is 0.278. The first kappa shape index (κ1) is 16.9. The number of hydrogen-bond donors (Lipinski definition) is 1. The molecule has 1 aromatic heterocycles. The molecule has 10 heavy (non-hydrogen) atoms. The quantitative estimate of drug-likeness (QED) is 0.659. The molecule has 0 unspecified atom stereocenters. The normalized spacial score (nSPS) is 6.00. The second-order valence-corrected chi connectivity index (χ2v) is 1.03. The maximum absolute atomic E-state index is 10.1. The third-order valence-corrected chi connectivity index (χ3v) is 0.530. The molecule has 0 aliphatic heterocycles. The van der Waals surface area contributed by atoms with E-state index in [-0.39, 0.29) is 64.3 Å². The van der Waals surface area contributed by atoms with Crippen molar-refractivity contribution in [1.29, 1.82) is 0 Å². The predicted octanol–water partition coefficient (Wildman–Crippen LogP) is 0.0154. The van der Waals surface area contributed by atoms with Gasteiger partial charge >= 0.3 is 0 Å². The van der Waals surface area contributed by atoms with Crippen molar-refractivity contribution in [1.82, 2.24) is 9.97 Å². The summed E-state index contributed by atoms with van der Waals surface area (Å²) in [7, 11) is 0. The van der Waals surface area contributed by atoms with Crippen LogP contribution in [0.15, 0.2) is 17.2 Å². The average Bonchev–Trinajstić information content (AvgIpc) is 1.69. The Morgan fingerprint density at radius 1 is 1.60 bits per heavy atom. The Bertz CT molecular complexity index is 185. The molecule has 0 aliphatic rings. The molecule has 1 aromatic rings. The molecule has 0 fully saturated rings. The third-order valence-electron chi connectivity index (χ3n) is 0.530. The van der Waals surface area contributed by atoms with E-state index in [1.807, 2.05) is 0 Å². The molecule has 1 heterocycles. The molecular formula is C5H6N2OVY-2. The number of nitrogens with one attached hydrogen (secondary N) is 1. The summed E-state index contributed by atoms with van der Waals surface area (Å²) in [5, 5.41) is 0. The van der Waals surface area contributed by atoms with Crippen molar-refractivity contribution in [3.05, 3.63) is 36.4 Å². The van der Waals surface area contributed by atoms with Crippen LogP contribution in [0.2, 0.25) is 0 Å². The van der Waals surface area contributed by atoms with E-state index in [0.717, 1.165) is 0 Å². The van der Waals surface area contributed by atoms with Crippen molar-refractivity contribution in [2.75, 3.05) is 0 Å². The molecule has 5 heteroatoms. The van der Waals surface area contributed by atoms with E-state index in [1.165, 1.54) is 12.4 Å². The number of aromatic nitrogens is 2. The Hall–Kier alpha value is 0.568. The summed E-state index contributed by atoms with van der Waals surface area (Å²) in [6.45, 7) is 0. The van der Waals surface area contributed by atoms with Crippen molar-refractivity contribution in [3.8, 4) is 0 Å². The van der Waals surface area contributed by atoms with Crippen molar-refractivity contribution in [2.45, 2.75) is 0 Å². The van der Waals surface area contributed by atoms with Crippen molar-refractivity contribution >= 4 is 0 Å². The van der Waals surface area contributed by atoms with Crippen LogP contribution in [0.4, 0.5) is 0 Å². The van der Waals surface area contributed by atoms with E-state index in [0.29, 0.717) is 0 Å². The first-order valence-electron chi connectivity index (χ1n) is 1.81. The van der Waals surface area contributed by atoms with Gasteiger partial charge in [-0.1, -0.05) is 12.4 Å². The molecule has 0 spiro atoms. The second kappa shape index (κ2) is 9.57. The Balaban J connectivity index is -0.000000163. The van der Waals surface area contributed by atoms with Crippen LogP contribution in [0, 0.1) is 13.6 Å². The van der Waals surface area contributed by atoms with Gasteiger partial charge in [0.05, 0.1) is 0 Å². The van der Waals surface area contributed by atoms with Gasteiger partial charge in [-0.15, -0.1) is 6.20 Å². The van der Waals surface area contributed by atoms with Gasteiger partial charge in [0, 0.05) is 51.3 Å². The van der Waals surface area contributed by atoms with Crippen LogP contribution >= 0.6 is 0 Å². The third kappa shape index (κ3) is 6.69. The van der Waals surface area contributed by atoms with E-state index < -0.39 is 0 Å². The first-order chi connectivity index (χ1) is 3.39. The monoisotopic (exact) mass is 250 g/mol. The van der Waals surface area contributed by atoms with Crippen molar-refractivity contribution in [3.63, 3.8) is 0 Å². The minimum Gasteiger partial charge on any atom is -0.452 e. The van der Waals surface area contributed by atoms with Crippen LogP contribution in [-0.4, -0.2) is 9.97 Å². The second-order valence-electron chi connectivity index (χ2n) is 1.03. The van der Waals surface area contributed by atoms with E-state index in [9.17, 15) is 4.79 Å². The Labute approximate surface area is 96.8 Å². The van der Waals surface area contributed by atoms with Crippen molar-refractivity contribution in [2.24, 2.45) is 0 Å². The van der Waals surface area contributed by atoms with Crippen molar-refractivity contribution < 1.29 is 51.3 Å². The van der Waals surface area contributed by atoms with Gasteiger partial charge in [-0.25, -0.2) is 0 Å². The molecule has 3 nitrogen and oxygen atoms in total. The fraction of sp³-hybridized carbons (Fsp3) is 0. The minimum atomic E-state index is -0.289. The number of rotatable bonds is 0. The largest absolute Gasteiger partial charge is 0.452 e. The van der Waals surface area contributed by atoms with Crippen LogP contribution in [0.3, 0.4) is 0 Å². The van der Waals surface area contributed by atoms with Crippen LogP contribution in [-0.2, 0) is 51.3 Å². The zero-order valence-electron chi connectivity index (χ0n) is 5.53. The molecule has 0 aliphatic carbocycles. The van der Waals surface area contributed by atoms with Crippen LogP contribution in [0.1, 0.15) is 0 Å². The van der Waals surface area contributed by atoms with Gasteiger partial charge in [-0.05, 0) is 0 Å². The minimum absolute atomic E-state index is 0. The zero-order valence-corrected chi connectivity index (χ0v) is 9.77. The molecule has 0 amide bonds. The van der Waals surface area contributed by atoms with Gasteiger partial charge < -0.3 is 17.4 Å². The molecule has 1 N–H and O–H groups in total. The van der Waals surface area contributed by atoms with E-state index in [2.05, 4.69) is 16.2 Å². The van der Waals surface area contributed by atoms with Gasteiger partial charge in [0.2, 0.25) is 0 Å². The number of nitrogens with zero attached hydrogens (tertiary/aromatic N) is 1. The molecule has 0 saturated heterocycles. The SMILES string of the molecule is O=c1[c-]ncc[nH]1.[CH3-].[V].[Y]. The van der Waals surface area contributed by atoms with E-state index in [1.54, 1.807) is 0 Å². The van der Waals surface area contributed by atoms with E-state index >= 15 is 0 Å². The van der Waals surface area contributed by atoms with Crippen LogP contribution in [0.25, 0.3) is 0 Å². The number of hydrogen-bond acceptors (Lipinski definition) is 2. The summed E-state index contributed by atoms with van der Waals surface area (Å²) < 4.78 is 0. The summed E-state index contributed by atoms with van der Waals surface area (Å²) in [5.41, 5.74) is -0.289. The van der Waals surface area contributed by atoms with Crippen LogP contribution in [0.5, 0.6) is 0 Å². The van der Waals surface area contributed by atoms with Gasteiger partial charge in [-0.3, -0.25) is 4.79 Å². The zero-order chi connectivity index (χ0) is 5.11.